The van der Waals surface area contributed by atoms with Gasteiger partial charge in [-0.3, -0.25) is 14.3 Å². The zero-order chi connectivity index (χ0) is 27.3. The van der Waals surface area contributed by atoms with E-state index in [9.17, 15) is 18.4 Å². The predicted octanol–water partition coefficient (Wildman–Crippen LogP) is 2.87. The zero-order valence-electron chi connectivity index (χ0n) is 21.4. The maximum Gasteiger partial charge on any atom is 0.276 e. The number of aromatic nitrogens is 4. The summed E-state index contributed by atoms with van der Waals surface area (Å²) in [5.74, 6) is -2.57. The van der Waals surface area contributed by atoms with Crippen LogP contribution < -0.4 is 21.1 Å². The lowest BCUT2D eigenvalue weighted by Gasteiger charge is -2.25. The summed E-state index contributed by atoms with van der Waals surface area (Å²) in [5, 5.41) is 15.8. The van der Waals surface area contributed by atoms with Crippen LogP contribution in [0.25, 0.3) is 16.6 Å². The van der Waals surface area contributed by atoms with Crippen LogP contribution in [0.5, 0.6) is 0 Å². The van der Waals surface area contributed by atoms with Crippen LogP contribution in [0.4, 0.5) is 20.2 Å². The van der Waals surface area contributed by atoms with Gasteiger partial charge >= 0.3 is 0 Å². The Kier molecular flexibility index (Phi) is 6.35. The molecule has 39 heavy (non-hydrogen) atoms. The highest BCUT2D eigenvalue weighted by Gasteiger charge is 2.37. The van der Waals surface area contributed by atoms with E-state index in [-0.39, 0.29) is 23.9 Å². The summed E-state index contributed by atoms with van der Waals surface area (Å²) in [5.41, 5.74) is 0.635. The number of benzene rings is 2. The number of halogens is 2. The van der Waals surface area contributed by atoms with Crippen molar-refractivity contribution in [2.75, 3.05) is 36.5 Å². The van der Waals surface area contributed by atoms with Crippen molar-refractivity contribution in [3.8, 4) is 5.69 Å². The highest BCUT2D eigenvalue weighted by Crippen LogP contribution is 2.38. The Morgan fingerprint density at radius 1 is 1.10 bits per heavy atom. The van der Waals surface area contributed by atoms with Gasteiger partial charge in [0.05, 0.1) is 41.8 Å². The average molecular weight is 536 g/mol. The number of para-hydroxylation sites is 1. The smallest absolute Gasteiger partial charge is 0.276 e. The van der Waals surface area contributed by atoms with Gasteiger partial charge in [-0.1, -0.05) is 6.07 Å². The van der Waals surface area contributed by atoms with Crippen molar-refractivity contribution in [1.82, 2.24) is 24.9 Å². The molecule has 2 aliphatic rings. The third-order valence-electron chi connectivity index (χ3n) is 7.09. The minimum Gasteiger partial charge on any atom is -0.373 e. The second kappa shape index (κ2) is 9.86. The number of nitrogens with one attached hydrogen (secondary N) is 2. The van der Waals surface area contributed by atoms with Gasteiger partial charge in [-0.05, 0) is 44.2 Å². The summed E-state index contributed by atoms with van der Waals surface area (Å²) >= 11 is 0. The molecule has 2 atom stereocenters. The highest BCUT2D eigenvalue weighted by atomic mass is 19.1. The van der Waals surface area contributed by atoms with Gasteiger partial charge in [-0.2, -0.15) is 14.9 Å². The fourth-order valence-electron chi connectivity index (χ4n) is 5.31. The Morgan fingerprint density at radius 2 is 1.90 bits per heavy atom. The first-order valence-corrected chi connectivity index (χ1v) is 12.8. The van der Waals surface area contributed by atoms with Gasteiger partial charge in [0.15, 0.2) is 11.6 Å². The fraction of sp³-hybridized carbons (Fsp3) is 0.333. The van der Waals surface area contributed by atoms with Crippen LogP contribution >= 0.6 is 0 Å². The van der Waals surface area contributed by atoms with Gasteiger partial charge in [-0.15, -0.1) is 0 Å². The molecule has 2 saturated heterocycles. The largest absolute Gasteiger partial charge is 0.373 e. The number of morpholine rings is 1. The van der Waals surface area contributed by atoms with E-state index in [1.807, 2.05) is 24.6 Å². The molecule has 0 spiro atoms. The van der Waals surface area contributed by atoms with Crippen LogP contribution in [0.1, 0.15) is 30.4 Å². The molecule has 2 fully saturated rings. The molecule has 1 amide bonds. The van der Waals surface area contributed by atoms with E-state index >= 15 is 0 Å². The molecular formula is C27H27F2N7O3. The molecule has 4 aromatic rings. The van der Waals surface area contributed by atoms with Crippen LogP contribution in [0.15, 0.2) is 53.5 Å². The van der Waals surface area contributed by atoms with Crippen molar-refractivity contribution in [2.24, 2.45) is 0 Å². The Labute approximate surface area is 222 Å². The average Bonchev–Trinajstić information content (AvgIpc) is 3.54. The van der Waals surface area contributed by atoms with Crippen molar-refractivity contribution < 1.29 is 18.3 Å². The summed E-state index contributed by atoms with van der Waals surface area (Å²) in [6, 6.07) is 9.48. The lowest BCUT2D eigenvalue weighted by Crippen LogP contribution is -2.47. The van der Waals surface area contributed by atoms with E-state index in [0.717, 1.165) is 41.3 Å². The molecule has 0 aliphatic carbocycles. The summed E-state index contributed by atoms with van der Waals surface area (Å²) in [7, 11) is 0. The summed E-state index contributed by atoms with van der Waals surface area (Å²) < 4.78 is 37.2. The fourth-order valence-corrected chi connectivity index (χ4v) is 5.31. The Hall–Kier alpha value is -4.16. The van der Waals surface area contributed by atoms with Crippen molar-refractivity contribution in [1.29, 1.82) is 0 Å². The number of hydrogen-bond acceptors (Lipinski definition) is 7. The van der Waals surface area contributed by atoms with Gasteiger partial charge in [0.1, 0.15) is 11.4 Å². The lowest BCUT2D eigenvalue weighted by molar-refractivity contribution is 0.0212. The molecule has 0 bridgehead atoms. The standard InChI is InChI=1S/C27H27F2N7O3/c1-15(2)35-22-8-6-19(25(16(22)12-31-35)34-13-21-23(14-34)39-11-10-30-21)32-27(38)20-7-9-24(37)36(33-20)26-17(28)4-3-5-18(26)29/h3-9,12,15,21,23,30H,10-11,13-14H2,1-2H3,(H,32,38)/t21-,23-/m0/s1. The van der Waals surface area contributed by atoms with Crippen molar-refractivity contribution in [3.63, 3.8) is 0 Å². The first-order valence-electron chi connectivity index (χ1n) is 12.8. The topological polar surface area (TPSA) is 106 Å². The third-order valence-corrected chi connectivity index (χ3v) is 7.09. The van der Waals surface area contributed by atoms with Crippen molar-refractivity contribution in [2.45, 2.75) is 32.0 Å². The summed E-state index contributed by atoms with van der Waals surface area (Å²) in [6.45, 7) is 6.81. The molecule has 2 N–H and O–H groups in total. The summed E-state index contributed by atoms with van der Waals surface area (Å²) in [6.07, 6.45) is 1.80. The number of hydrogen-bond donors (Lipinski definition) is 2. The van der Waals surface area contributed by atoms with Crippen molar-refractivity contribution in [3.05, 3.63) is 76.3 Å². The molecule has 12 heteroatoms. The SMILES string of the molecule is CC(C)n1ncc2c(N3C[C@@H]4NCCO[C@H]4C3)c(NC(=O)c3ccc(=O)n(-c4c(F)cccc4F)n3)ccc21. The minimum absolute atomic E-state index is 0.0126. The maximum absolute atomic E-state index is 14.4. The molecule has 0 saturated carbocycles. The molecule has 2 aliphatic heterocycles. The number of nitrogens with zero attached hydrogens (tertiary/aromatic N) is 5. The van der Waals surface area contributed by atoms with Gasteiger partial charge in [-0.25, -0.2) is 8.78 Å². The maximum atomic E-state index is 14.4. The molecular weight excluding hydrogens is 508 g/mol. The van der Waals surface area contributed by atoms with Crippen LogP contribution in [0.2, 0.25) is 0 Å². The lowest BCUT2D eigenvalue weighted by atomic mass is 10.1. The van der Waals surface area contributed by atoms with Crippen molar-refractivity contribution >= 4 is 28.2 Å². The normalized spacial score (nSPS) is 19.1. The van der Waals surface area contributed by atoms with Gasteiger partial charge in [0.2, 0.25) is 0 Å². The van der Waals surface area contributed by atoms with Crippen LogP contribution in [0.3, 0.4) is 0 Å². The number of carbonyl (C=O) groups is 1. The Bertz CT molecular complexity index is 1600. The molecule has 4 heterocycles. The Balaban J connectivity index is 1.39. The quantitative estimate of drug-likeness (QED) is 0.405. The molecule has 10 nitrogen and oxygen atoms in total. The monoisotopic (exact) mass is 535 g/mol. The molecule has 2 aromatic carbocycles. The van der Waals surface area contributed by atoms with E-state index in [1.54, 1.807) is 12.3 Å². The van der Waals surface area contributed by atoms with E-state index in [0.29, 0.717) is 30.1 Å². The van der Waals surface area contributed by atoms with Crippen LogP contribution in [0, 0.1) is 11.6 Å². The number of amides is 1. The van der Waals surface area contributed by atoms with Gasteiger partial charge < -0.3 is 20.3 Å². The first kappa shape index (κ1) is 25.1. The van der Waals surface area contributed by atoms with E-state index in [2.05, 4.69) is 25.7 Å². The van der Waals surface area contributed by atoms with Gasteiger partial charge in [0.25, 0.3) is 11.5 Å². The Morgan fingerprint density at radius 3 is 2.64 bits per heavy atom. The molecule has 6 rings (SSSR count). The van der Waals surface area contributed by atoms with Crippen LogP contribution in [-0.2, 0) is 4.74 Å². The van der Waals surface area contributed by atoms with E-state index in [4.69, 9.17) is 4.74 Å². The highest BCUT2D eigenvalue weighted by molar-refractivity contribution is 6.09. The number of fused-ring (bicyclic) bond motifs is 2. The number of rotatable bonds is 5. The number of ether oxygens (including phenoxy) is 1. The second-order valence-corrected chi connectivity index (χ2v) is 9.95. The van der Waals surface area contributed by atoms with Crippen LogP contribution in [-0.4, -0.2) is 63.9 Å². The molecule has 0 radical (unpaired) electrons. The predicted molar refractivity (Wildman–Crippen MR) is 142 cm³/mol. The zero-order valence-corrected chi connectivity index (χ0v) is 21.4. The molecule has 2 aromatic heterocycles. The second-order valence-electron chi connectivity index (χ2n) is 9.95. The molecule has 202 valence electrons. The van der Waals surface area contributed by atoms with E-state index in [1.165, 1.54) is 12.1 Å². The minimum atomic E-state index is -0.969. The van der Waals surface area contributed by atoms with Gasteiger partial charge in [0, 0.05) is 37.1 Å². The third kappa shape index (κ3) is 4.45. The number of carbonyl (C=O) groups excluding carboxylic acids is 1. The summed E-state index contributed by atoms with van der Waals surface area (Å²) in [4.78, 5) is 28.0. The molecule has 0 unspecified atom stereocenters. The number of anilines is 2. The van der Waals surface area contributed by atoms with E-state index < -0.39 is 28.8 Å². The first-order chi connectivity index (χ1) is 18.8.